The van der Waals surface area contributed by atoms with Gasteiger partial charge in [-0.1, -0.05) is 19.3 Å². The number of carbonyl (C=O) groups is 2. The van der Waals surface area contributed by atoms with Crippen molar-refractivity contribution in [3.8, 4) is 0 Å². The van der Waals surface area contributed by atoms with Crippen LogP contribution < -0.4 is 5.32 Å². The molecular formula is C27H46N4O3. The first kappa shape index (κ1) is 24.5. The van der Waals surface area contributed by atoms with Gasteiger partial charge in [-0.2, -0.15) is 0 Å². The van der Waals surface area contributed by atoms with Crippen LogP contribution >= 0.6 is 0 Å². The van der Waals surface area contributed by atoms with E-state index in [1.807, 2.05) is 4.90 Å². The summed E-state index contributed by atoms with van der Waals surface area (Å²) in [6.45, 7) is 6.74. The van der Waals surface area contributed by atoms with Crippen LogP contribution in [0.3, 0.4) is 0 Å². The molecule has 1 saturated carbocycles. The van der Waals surface area contributed by atoms with Gasteiger partial charge in [0.05, 0.1) is 12.0 Å². The van der Waals surface area contributed by atoms with Gasteiger partial charge in [-0.15, -0.1) is 0 Å². The summed E-state index contributed by atoms with van der Waals surface area (Å²) in [5, 5.41) is 3.40. The van der Waals surface area contributed by atoms with Crippen molar-refractivity contribution in [3.63, 3.8) is 0 Å². The van der Waals surface area contributed by atoms with Crippen molar-refractivity contribution >= 4 is 11.8 Å². The van der Waals surface area contributed by atoms with Gasteiger partial charge in [0.25, 0.3) is 0 Å². The Balaban J connectivity index is 1.12. The molecule has 0 unspecified atom stereocenters. The fraction of sp³-hybridized carbons (Fsp3) is 0.926. The maximum atomic E-state index is 13.4. The van der Waals surface area contributed by atoms with Crippen LogP contribution in [-0.2, 0) is 14.3 Å². The molecule has 4 saturated heterocycles. The second kappa shape index (κ2) is 10.8. The molecule has 34 heavy (non-hydrogen) atoms. The number of fused-ring (bicyclic) bond motifs is 1. The molecule has 5 fully saturated rings. The highest BCUT2D eigenvalue weighted by Gasteiger charge is 2.49. The zero-order chi connectivity index (χ0) is 23.5. The predicted molar refractivity (Wildman–Crippen MR) is 132 cm³/mol. The van der Waals surface area contributed by atoms with Gasteiger partial charge in [-0.25, -0.2) is 0 Å². The van der Waals surface area contributed by atoms with Gasteiger partial charge in [0.15, 0.2) is 0 Å². The van der Waals surface area contributed by atoms with Gasteiger partial charge in [0.2, 0.25) is 11.8 Å². The molecule has 192 valence electrons. The SMILES string of the molecule is CN(CC1CCCCC1)[C@H]1C[C@H]2C(=O)NC3(CCN(CCC4CCOCC4)CC3)CC(=O)N2C1. The number of rotatable bonds is 6. The molecule has 2 amide bonds. The summed E-state index contributed by atoms with van der Waals surface area (Å²) < 4.78 is 5.49. The van der Waals surface area contributed by atoms with E-state index in [0.717, 1.165) is 70.5 Å². The molecule has 4 heterocycles. The first-order chi connectivity index (χ1) is 16.5. The highest BCUT2D eigenvalue weighted by Crippen LogP contribution is 2.34. The predicted octanol–water partition coefficient (Wildman–Crippen LogP) is 2.64. The van der Waals surface area contributed by atoms with Gasteiger partial charge >= 0.3 is 0 Å². The Labute approximate surface area is 205 Å². The number of likely N-dealkylation sites (N-methyl/N-ethyl adjacent to an activating group) is 1. The highest BCUT2D eigenvalue weighted by molar-refractivity contribution is 5.92. The van der Waals surface area contributed by atoms with Crippen LogP contribution in [0.1, 0.15) is 77.0 Å². The van der Waals surface area contributed by atoms with Crippen molar-refractivity contribution in [1.29, 1.82) is 0 Å². The Kier molecular flexibility index (Phi) is 7.81. The fourth-order valence-corrected chi connectivity index (χ4v) is 7.27. The molecule has 1 N–H and O–H groups in total. The second-order valence-electron chi connectivity index (χ2n) is 12.0. The maximum Gasteiger partial charge on any atom is 0.243 e. The monoisotopic (exact) mass is 474 g/mol. The average Bonchev–Trinajstić information content (AvgIpc) is 3.28. The molecule has 1 aliphatic carbocycles. The average molecular weight is 475 g/mol. The van der Waals surface area contributed by atoms with Crippen LogP contribution in [0.15, 0.2) is 0 Å². The van der Waals surface area contributed by atoms with E-state index in [1.54, 1.807) is 0 Å². The molecule has 7 heteroatoms. The first-order valence-corrected chi connectivity index (χ1v) is 14.1. The molecule has 0 aromatic rings. The zero-order valence-electron chi connectivity index (χ0n) is 21.3. The molecule has 4 aliphatic heterocycles. The Bertz CT molecular complexity index is 683. The maximum absolute atomic E-state index is 13.4. The van der Waals surface area contributed by atoms with E-state index in [1.165, 1.54) is 51.4 Å². The van der Waals surface area contributed by atoms with Gasteiger partial charge in [-0.05, 0) is 76.8 Å². The van der Waals surface area contributed by atoms with Crippen molar-refractivity contribution in [3.05, 3.63) is 0 Å². The van der Waals surface area contributed by atoms with E-state index in [0.29, 0.717) is 19.0 Å². The minimum Gasteiger partial charge on any atom is -0.381 e. The van der Waals surface area contributed by atoms with Gasteiger partial charge in [0, 0.05) is 45.4 Å². The van der Waals surface area contributed by atoms with Crippen molar-refractivity contribution in [1.82, 2.24) is 20.0 Å². The Morgan fingerprint density at radius 2 is 1.76 bits per heavy atom. The van der Waals surface area contributed by atoms with Gasteiger partial charge < -0.3 is 24.8 Å². The number of nitrogens with zero attached hydrogens (tertiary/aromatic N) is 3. The topological polar surface area (TPSA) is 65.1 Å². The smallest absolute Gasteiger partial charge is 0.243 e. The number of hydrogen-bond donors (Lipinski definition) is 1. The molecule has 5 aliphatic rings. The van der Waals surface area contributed by atoms with E-state index in [4.69, 9.17) is 4.74 Å². The summed E-state index contributed by atoms with van der Waals surface area (Å²) in [4.78, 5) is 33.6. The van der Waals surface area contributed by atoms with Crippen LogP contribution in [0.2, 0.25) is 0 Å². The number of piperidine rings is 1. The molecule has 0 bridgehead atoms. The van der Waals surface area contributed by atoms with E-state index in [9.17, 15) is 9.59 Å². The Morgan fingerprint density at radius 1 is 1.03 bits per heavy atom. The summed E-state index contributed by atoms with van der Waals surface area (Å²) in [5.41, 5.74) is -0.336. The summed E-state index contributed by atoms with van der Waals surface area (Å²) in [6, 6.07) is 0.0277. The molecule has 1 spiro atoms. The number of amides is 2. The van der Waals surface area contributed by atoms with E-state index in [-0.39, 0.29) is 23.4 Å². The lowest BCUT2D eigenvalue weighted by molar-refractivity contribution is -0.135. The normalized spacial score (nSPS) is 31.6. The lowest BCUT2D eigenvalue weighted by Gasteiger charge is -2.42. The molecule has 0 aromatic heterocycles. The van der Waals surface area contributed by atoms with Crippen LogP contribution in [0.5, 0.6) is 0 Å². The fourth-order valence-electron chi connectivity index (χ4n) is 7.27. The highest BCUT2D eigenvalue weighted by atomic mass is 16.5. The summed E-state index contributed by atoms with van der Waals surface area (Å²) in [5.74, 6) is 1.85. The minimum atomic E-state index is -0.336. The van der Waals surface area contributed by atoms with Crippen molar-refractivity contribution in [2.45, 2.75) is 94.7 Å². The van der Waals surface area contributed by atoms with Crippen LogP contribution in [-0.4, -0.2) is 97.1 Å². The van der Waals surface area contributed by atoms with Crippen molar-refractivity contribution < 1.29 is 14.3 Å². The van der Waals surface area contributed by atoms with Gasteiger partial charge in [-0.3, -0.25) is 9.59 Å². The Morgan fingerprint density at radius 3 is 2.50 bits per heavy atom. The molecule has 7 nitrogen and oxygen atoms in total. The van der Waals surface area contributed by atoms with Crippen molar-refractivity contribution in [2.24, 2.45) is 11.8 Å². The van der Waals surface area contributed by atoms with E-state index in [2.05, 4.69) is 22.2 Å². The number of nitrogens with one attached hydrogen (secondary N) is 1. The molecule has 0 radical (unpaired) electrons. The third-order valence-corrected chi connectivity index (χ3v) is 9.68. The minimum absolute atomic E-state index is 0.0927. The number of ether oxygens (including phenoxy) is 1. The van der Waals surface area contributed by atoms with Crippen molar-refractivity contribution in [2.75, 3.05) is 53.0 Å². The van der Waals surface area contributed by atoms with Crippen LogP contribution in [0.25, 0.3) is 0 Å². The van der Waals surface area contributed by atoms with E-state index >= 15 is 0 Å². The first-order valence-electron chi connectivity index (χ1n) is 14.1. The molecule has 2 atom stereocenters. The standard InChI is InChI=1S/C27H46N4O3/c1-29(19-22-5-3-2-4-6-22)23-17-24-26(33)28-27(18-25(32)31(24)20-23)10-13-30(14-11-27)12-7-21-8-15-34-16-9-21/h21-24H,2-20H2,1H3,(H,28,33)/t23-,24-/m0/s1. The lowest BCUT2D eigenvalue weighted by Crippen LogP contribution is -2.56. The summed E-state index contributed by atoms with van der Waals surface area (Å²) in [6.07, 6.45) is 13.4. The number of likely N-dealkylation sites (tertiary alicyclic amines) is 1. The van der Waals surface area contributed by atoms with Gasteiger partial charge in [0.1, 0.15) is 6.04 Å². The summed E-state index contributed by atoms with van der Waals surface area (Å²) in [7, 11) is 2.20. The number of carbonyl (C=O) groups excluding carboxylic acids is 2. The quantitative estimate of drug-likeness (QED) is 0.641. The van der Waals surface area contributed by atoms with Crippen LogP contribution in [0.4, 0.5) is 0 Å². The number of hydrogen-bond acceptors (Lipinski definition) is 5. The van der Waals surface area contributed by atoms with E-state index < -0.39 is 0 Å². The second-order valence-corrected chi connectivity index (χ2v) is 12.0. The Hall–Kier alpha value is -1.18. The van der Waals surface area contributed by atoms with Crippen LogP contribution in [0, 0.1) is 11.8 Å². The third kappa shape index (κ3) is 5.62. The largest absolute Gasteiger partial charge is 0.381 e. The molecular weight excluding hydrogens is 428 g/mol. The summed E-state index contributed by atoms with van der Waals surface area (Å²) >= 11 is 0. The third-order valence-electron chi connectivity index (χ3n) is 9.68. The lowest BCUT2D eigenvalue weighted by atomic mass is 9.83. The molecule has 0 aromatic carbocycles. The zero-order valence-corrected chi connectivity index (χ0v) is 21.3. The molecule has 5 rings (SSSR count).